The van der Waals surface area contributed by atoms with Crippen molar-refractivity contribution in [3.05, 3.63) is 63.6 Å². The first-order valence-electron chi connectivity index (χ1n) is 5.64. The molecule has 0 spiro atoms. The number of halogens is 4. The Kier molecular flexibility index (Phi) is 4.27. The second-order valence-electron chi connectivity index (χ2n) is 4.13. The van der Waals surface area contributed by atoms with Crippen LogP contribution < -0.4 is 5.32 Å². The van der Waals surface area contributed by atoms with Gasteiger partial charge in [-0.25, -0.2) is 8.78 Å². The number of hydrogen-bond donors (Lipinski definition) is 1. The molecule has 0 amide bonds. The molecule has 2 aromatic carbocycles. The number of benzene rings is 2. The summed E-state index contributed by atoms with van der Waals surface area (Å²) in [6, 6.07) is 8.26. The summed E-state index contributed by atoms with van der Waals surface area (Å²) in [6.45, 7) is 1.76. The highest BCUT2D eigenvalue weighted by atomic mass is 35.5. The number of rotatable bonds is 3. The van der Waals surface area contributed by atoms with Crippen molar-refractivity contribution < 1.29 is 8.78 Å². The lowest BCUT2D eigenvalue weighted by molar-refractivity contribution is 0.566. The van der Waals surface area contributed by atoms with E-state index >= 15 is 0 Å². The van der Waals surface area contributed by atoms with Crippen LogP contribution in [0.25, 0.3) is 0 Å². The monoisotopic (exact) mass is 301 g/mol. The maximum atomic E-state index is 13.6. The number of hydrogen-bond acceptors (Lipinski definition) is 1. The average molecular weight is 302 g/mol. The fourth-order valence-electron chi connectivity index (χ4n) is 1.78. The van der Waals surface area contributed by atoms with E-state index in [1.54, 1.807) is 25.1 Å². The maximum absolute atomic E-state index is 13.6. The lowest BCUT2D eigenvalue weighted by Gasteiger charge is -2.17. The molecule has 0 aromatic heterocycles. The third-order valence-corrected chi connectivity index (χ3v) is 3.57. The molecule has 1 N–H and O–H groups in total. The molecule has 1 unspecified atom stereocenters. The molecular formula is C14H11Cl2F2N. The van der Waals surface area contributed by atoms with Crippen molar-refractivity contribution in [1.82, 2.24) is 0 Å². The summed E-state index contributed by atoms with van der Waals surface area (Å²) in [7, 11) is 0. The van der Waals surface area contributed by atoms with Crippen LogP contribution >= 0.6 is 23.2 Å². The van der Waals surface area contributed by atoms with Gasteiger partial charge in [0, 0.05) is 11.6 Å². The van der Waals surface area contributed by atoms with E-state index in [0.717, 1.165) is 6.07 Å². The quantitative estimate of drug-likeness (QED) is 0.795. The molecule has 0 aliphatic carbocycles. The lowest BCUT2D eigenvalue weighted by atomic mass is 10.1. The third kappa shape index (κ3) is 3.17. The van der Waals surface area contributed by atoms with Crippen LogP contribution in [0, 0.1) is 11.6 Å². The minimum Gasteiger partial charge on any atom is -0.377 e. The van der Waals surface area contributed by atoms with Gasteiger partial charge in [-0.1, -0.05) is 35.3 Å². The van der Waals surface area contributed by atoms with Crippen molar-refractivity contribution in [1.29, 1.82) is 0 Å². The zero-order chi connectivity index (χ0) is 14.0. The van der Waals surface area contributed by atoms with E-state index in [-0.39, 0.29) is 6.04 Å². The zero-order valence-corrected chi connectivity index (χ0v) is 11.6. The Hall–Kier alpha value is -1.32. The van der Waals surface area contributed by atoms with Gasteiger partial charge in [-0.15, -0.1) is 0 Å². The first-order valence-corrected chi connectivity index (χ1v) is 6.40. The van der Waals surface area contributed by atoms with Gasteiger partial charge in [-0.3, -0.25) is 0 Å². The van der Waals surface area contributed by atoms with E-state index in [0.29, 0.717) is 21.3 Å². The van der Waals surface area contributed by atoms with Crippen LogP contribution in [-0.2, 0) is 0 Å². The smallest absolute Gasteiger partial charge is 0.131 e. The Morgan fingerprint density at radius 2 is 1.84 bits per heavy atom. The maximum Gasteiger partial charge on any atom is 0.131 e. The second-order valence-corrected chi connectivity index (χ2v) is 4.92. The molecule has 19 heavy (non-hydrogen) atoms. The summed E-state index contributed by atoms with van der Waals surface area (Å²) in [6.07, 6.45) is 0. The predicted molar refractivity (Wildman–Crippen MR) is 74.9 cm³/mol. The van der Waals surface area contributed by atoms with E-state index in [1.165, 1.54) is 12.1 Å². The molecule has 0 radical (unpaired) electrons. The Morgan fingerprint density at radius 3 is 2.53 bits per heavy atom. The van der Waals surface area contributed by atoms with Gasteiger partial charge in [0.15, 0.2) is 0 Å². The Balaban J connectivity index is 2.25. The highest BCUT2D eigenvalue weighted by Crippen LogP contribution is 2.32. The predicted octanol–water partition coefficient (Wildman–Crippen LogP) is 5.44. The Bertz CT molecular complexity index is 602. The fraction of sp³-hybridized carbons (Fsp3) is 0.143. The summed E-state index contributed by atoms with van der Waals surface area (Å²) in [5.41, 5.74) is 0.961. The van der Waals surface area contributed by atoms with Gasteiger partial charge in [0.25, 0.3) is 0 Å². The second kappa shape index (κ2) is 5.76. The summed E-state index contributed by atoms with van der Waals surface area (Å²) < 4.78 is 26.5. The van der Waals surface area contributed by atoms with E-state index in [2.05, 4.69) is 5.32 Å². The summed E-state index contributed by atoms with van der Waals surface area (Å²) in [5, 5.41) is 3.84. The topological polar surface area (TPSA) is 12.0 Å². The van der Waals surface area contributed by atoms with Crippen LogP contribution in [0.15, 0.2) is 36.4 Å². The number of nitrogens with one attached hydrogen (secondary N) is 1. The Labute approximate surface area is 120 Å². The van der Waals surface area contributed by atoms with E-state index < -0.39 is 11.6 Å². The molecule has 0 aliphatic rings. The van der Waals surface area contributed by atoms with Gasteiger partial charge in [-0.2, -0.15) is 0 Å². The molecule has 0 heterocycles. The summed E-state index contributed by atoms with van der Waals surface area (Å²) in [5.74, 6) is -1.20. The van der Waals surface area contributed by atoms with Gasteiger partial charge < -0.3 is 5.32 Å². The molecule has 0 aliphatic heterocycles. The number of anilines is 1. The van der Waals surface area contributed by atoms with Gasteiger partial charge in [0.1, 0.15) is 11.6 Å². The van der Waals surface area contributed by atoms with Crippen LogP contribution in [0.3, 0.4) is 0 Å². The SMILES string of the molecule is CC(Nc1cccc(Cl)c1Cl)c1ccc(F)cc1F. The molecule has 0 bridgehead atoms. The lowest BCUT2D eigenvalue weighted by Crippen LogP contribution is -2.09. The van der Waals surface area contributed by atoms with Crippen molar-refractivity contribution in [2.45, 2.75) is 13.0 Å². The molecule has 1 atom stereocenters. The molecule has 2 aromatic rings. The molecule has 1 nitrogen and oxygen atoms in total. The van der Waals surface area contributed by atoms with Gasteiger partial charge >= 0.3 is 0 Å². The molecular weight excluding hydrogens is 291 g/mol. The Morgan fingerprint density at radius 1 is 1.11 bits per heavy atom. The highest BCUT2D eigenvalue weighted by molar-refractivity contribution is 6.43. The van der Waals surface area contributed by atoms with Crippen molar-refractivity contribution in [3.8, 4) is 0 Å². The van der Waals surface area contributed by atoms with E-state index in [1.807, 2.05) is 0 Å². The highest BCUT2D eigenvalue weighted by Gasteiger charge is 2.13. The summed E-state index contributed by atoms with van der Waals surface area (Å²) in [4.78, 5) is 0. The minimum absolute atomic E-state index is 0.359. The van der Waals surface area contributed by atoms with Crippen molar-refractivity contribution in [2.75, 3.05) is 5.32 Å². The van der Waals surface area contributed by atoms with Crippen LogP contribution in [0.1, 0.15) is 18.5 Å². The van der Waals surface area contributed by atoms with Gasteiger partial charge in [-0.05, 0) is 25.1 Å². The average Bonchev–Trinajstić information content (AvgIpc) is 2.34. The summed E-state index contributed by atoms with van der Waals surface area (Å²) >= 11 is 11.9. The third-order valence-electron chi connectivity index (χ3n) is 2.75. The van der Waals surface area contributed by atoms with Crippen molar-refractivity contribution >= 4 is 28.9 Å². The van der Waals surface area contributed by atoms with Gasteiger partial charge in [0.05, 0.1) is 21.8 Å². The van der Waals surface area contributed by atoms with Crippen LogP contribution in [0.2, 0.25) is 10.0 Å². The van der Waals surface area contributed by atoms with Gasteiger partial charge in [0.2, 0.25) is 0 Å². The van der Waals surface area contributed by atoms with E-state index in [9.17, 15) is 8.78 Å². The standard InChI is InChI=1S/C14H11Cl2F2N/c1-8(10-6-5-9(17)7-12(10)18)19-13-4-2-3-11(15)14(13)16/h2-8,19H,1H3. The van der Waals surface area contributed by atoms with E-state index in [4.69, 9.17) is 23.2 Å². The zero-order valence-electron chi connectivity index (χ0n) is 10.1. The van der Waals surface area contributed by atoms with Crippen LogP contribution in [-0.4, -0.2) is 0 Å². The normalized spacial score (nSPS) is 12.3. The van der Waals surface area contributed by atoms with Crippen LogP contribution in [0.4, 0.5) is 14.5 Å². The fourth-order valence-corrected chi connectivity index (χ4v) is 2.13. The first-order chi connectivity index (χ1) is 8.99. The minimum atomic E-state index is -0.603. The molecule has 5 heteroatoms. The molecule has 0 saturated heterocycles. The van der Waals surface area contributed by atoms with Crippen LogP contribution in [0.5, 0.6) is 0 Å². The molecule has 2 rings (SSSR count). The largest absolute Gasteiger partial charge is 0.377 e. The van der Waals surface area contributed by atoms with Crippen molar-refractivity contribution in [2.24, 2.45) is 0 Å². The molecule has 100 valence electrons. The molecule has 0 saturated carbocycles. The van der Waals surface area contributed by atoms with Crippen molar-refractivity contribution in [3.63, 3.8) is 0 Å². The first kappa shape index (κ1) is 14.1. The molecule has 0 fully saturated rings.